The van der Waals surface area contributed by atoms with Gasteiger partial charge in [-0.3, -0.25) is 4.79 Å². The summed E-state index contributed by atoms with van der Waals surface area (Å²) < 4.78 is 6.77. The van der Waals surface area contributed by atoms with Crippen LogP contribution in [0.25, 0.3) is 10.8 Å². The number of nitrogens with zero attached hydrogens (tertiary/aromatic N) is 2. The van der Waals surface area contributed by atoms with E-state index in [-0.39, 0.29) is 11.3 Å². The van der Waals surface area contributed by atoms with Crippen LogP contribution in [0.3, 0.4) is 0 Å². The van der Waals surface area contributed by atoms with Crippen LogP contribution in [0.2, 0.25) is 5.02 Å². The second-order valence-corrected chi connectivity index (χ2v) is 6.41. The summed E-state index contributed by atoms with van der Waals surface area (Å²) in [5.41, 5.74) is -0.0635. The van der Waals surface area contributed by atoms with Gasteiger partial charge in [0.1, 0.15) is 5.75 Å². The molecule has 0 saturated carbocycles. The number of esters is 1. The lowest BCUT2D eigenvalue weighted by atomic mass is 10.1. The third-order valence-electron chi connectivity index (χ3n) is 4.06. The van der Waals surface area contributed by atoms with Gasteiger partial charge in [0.05, 0.1) is 5.39 Å². The highest BCUT2D eigenvalue weighted by Gasteiger charge is 2.18. The van der Waals surface area contributed by atoms with Crippen LogP contribution in [0.5, 0.6) is 5.75 Å². The van der Waals surface area contributed by atoms with Crippen LogP contribution in [0.15, 0.2) is 53.3 Å². The maximum Gasteiger partial charge on any atom is 0.364 e. The van der Waals surface area contributed by atoms with Crippen molar-refractivity contribution in [3.63, 3.8) is 0 Å². The van der Waals surface area contributed by atoms with Gasteiger partial charge in [0.2, 0.25) is 0 Å². The summed E-state index contributed by atoms with van der Waals surface area (Å²) >= 11 is 5.85. The van der Waals surface area contributed by atoms with Gasteiger partial charge in [-0.25, -0.2) is 9.48 Å². The normalized spacial score (nSPS) is 10.8. The molecule has 2 aromatic carbocycles. The van der Waals surface area contributed by atoms with Gasteiger partial charge in [-0.1, -0.05) is 49.6 Å². The standard InChI is InChI=1S/C20H19ClN2O3/c1-2-3-6-13-23-19(24)17-8-5-4-7-16(17)18(22-23)20(25)26-15-11-9-14(21)10-12-15/h4-5,7-12H,2-3,6,13H2,1H3. The van der Waals surface area contributed by atoms with E-state index in [2.05, 4.69) is 12.0 Å². The van der Waals surface area contributed by atoms with Crippen molar-refractivity contribution >= 4 is 28.3 Å². The van der Waals surface area contributed by atoms with Crippen molar-refractivity contribution in [2.75, 3.05) is 0 Å². The Bertz CT molecular complexity index is 981. The molecular weight excluding hydrogens is 352 g/mol. The quantitative estimate of drug-likeness (QED) is 0.365. The van der Waals surface area contributed by atoms with E-state index in [1.165, 1.54) is 4.68 Å². The van der Waals surface area contributed by atoms with E-state index in [1.807, 2.05) is 0 Å². The summed E-state index contributed by atoms with van der Waals surface area (Å²) in [6.07, 6.45) is 2.85. The monoisotopic (exact) mass is 370 g/mol. The van der Waals surface area contributed by atoms with Crippen molar-refractivity contribution in [3.8, 4) is 5.75 Å². The number of fused-ring (bicyclic) bond motifs is 1. The molecule has 0 saturated heterocycles. The van der Waals surface area contributed by atoms with Crippen LogP contribution >= 0.6 is 11.6 Å². The third kappa shape index (κ3) is 3.94. The number of carbonyl (C=O) groups is 1. The van der Waals surface area contributed by atoms with E-state index < -0.39 is 5.97 Å². The van der Waals surface area contributed by atoms with Crippen LogP contribution in [0, 0.1) is 0 Å². The van der Waals surface area contributed by atoms with E-state index in [0.717, 1.165) is 19.3 Å². The minimum Gasteiger partial charge on any atom is -0.422 e. The van der Waals surface area contributed by atoms with E-state index in [9.17, 15) is 9.59 Å². The zero-order valence-corrected chi connectivity index (χ0v) is 15.2. The fraction of sp³-hybridized carbons (Fsp3) is 0.250. The zero-order valence-electron chi connectivity index (χ0n) is 14.4. The van der Waals surface area contributed by atoms with Gasteiger partial charge in [0.25, 0.3) is 5.56 Å². The van der Waals surface area contributed by atoms with Crippen LogP contribution in [-0.4, -0.2) is 15.7 Å². The highest BCUT2D eigenvalue weighted by molar-refractivity contribution is 6.30. The Labute approximate surface area is 156 Å². The Morgan fingerprint density at radius 3 is 2.46 bits per heavy atom. The van der Waals surface area contributed by atoms with E-state index in [4.69, 9.17) is 16.3 Å². The second kappa shape index (κ2) is 8.15. The van der Waals surface area contributed by atoms with Crippen molar-refractivity contribution in [1.82, 2.24) is 9.78 Å². The highest BCUT2D eigenvalue weighted by atomic mass is 35.5. The lowest BCUT2D eigenvalue weighted by molar-refractivity contribution is 0.0728. The van der Waals surface area contributed by atoms with Gasteiger partial charge in [-0.15, -0.1) is 0 Å². The smallest absolute Gasteiger partial charge is 0.364 e. The zero-order chi connectivity index (χ0) is 18.5. The van der Waals surface area contributed by atoms with Gasteiger partial charge in [0.15, 0.2) is 5.69 Å². The lowest BCUT2D eigenvalue weighted by Crippen LogP contribution is -2.27. The van der Waals surface area contributed by atoms with Crippen molar-refractivity contribution in [3.05, 3.63) is 69.6 Å². The molecule has 0 unspecified atom stereocenters. The Morgan fingerprint density at radius 2 is 1.77 bits per heavy atom. The Kier molecular flexibility index (Phi) is 5.68. The van der Waals surface area contributed by atoms with Crippen molar-refractivity contribution in [2.24, 2.45) is 0 Å². The van der Waals surface area contributed by atoms with Gasteiger partial charge in [0, 0.05) is 17.0 Å². The second-order valence-electron chi connectivity index (χ2n) is 5.97. The first-order valence-corrected chi connectivity index (χ1v) is 8.95. The fourth-order valence-electron chi connectivity index (χ4n) is 2.71. The molecule has 0 aliphatic carbocycles. The highest BCUT2D eigenvalue weighted by Crippen LogP contribution is 2.19. The molecule has 0 radical (unpaired) electrons. The van der Waals surface area contributed by atoms with Crippen LogP contribution in [0.4, 0.5) is 0 Å². The molecule has 0 fully saturated rings. The van der Waals surface area contributed by atoms with Crippen LogP contribution < -0.4 is 10.3 Å². The summed E-state index contributed by atoms with van der Waals surface area (Å²) in [6, 6.07) is 13.5. The maximum absolute atomic E-state index is 12.7. The largest absolute Gasteiger partial charge is 0.422 e. The molecule has 1 heterocycles. The topological polar surface area (TPSA) is 61.2 Å². The number of hydrogen-bond donors (Lipinski definition) is 0. The minimum absolute atomic E-state index is 0.131. The number of benzene rings is 2. The number of carbonyl (C=O) groups excluding carboxylic acids is 1. The molecule has 6 heteroatoms. The molecule has 3 rings (SSSR count). The van der Waals surface area contributed by atoms with E-state index in [0.29, 0.717) is 28.1 Å². The first-order chi connectivity index (χ1) is 12.6. The Morgan fingerprint density at radius 1 is 1.08 bits per heavy atom. The summed E-state index contributed by atoms with van der Waals surface area (Å²) in [6.45, 7) is 2.56. The Balaban J connectivity index is 2.00. The molecule has 0 amide bonds. The van der Waals surface area contributed by atoms with Crippen LogP contribution in [-0.2, 0) is 6.54 Å². The summed E-state index contributed by atoms with van der Waals surface area (Å²) in [5, 5.41) is 5.79. The maximum atomic E-state index is 12.7. The molecule has 0 aliphatic heterocycles. The molecular formula is C20H19ClN2O3. The molecule has 5 nitrogen and oxygen atoms in total. The van der Waals surface area contributed by atoms with Gasteiger partial charge < -0.3 is 4.74 Å². The summed E-state index contributed by atoms with van der Waals surface area (Å²) in [4.78, 5) is 25.3. The van der Waals surface area contributed by atoms with Crippen molar-refractivity contribution in [2.45, 2.75) is 32.7 Å². The predicted octanol–water partition coefficient (Wildman–Crippen LogP) is 4.46. The SMILES string of the molecule is CCCCCn1nc(C(=O)Oc2ccc(Cl)cc2)c2ccccc2c1=O. The molecule has 0 N–H and O–H groups in total. The number of halogens is 1. The van der Waals surface area contributed by atoms with E-state index in [1.54, 1.807) is 48.5 Å². The number of ether oxygens (including phenoxy) is 1. The molecule has 134 valence electrons. The molecule has 3 aromatic rings. The lowest BCUT2D eigenvalue weighted by Gasteiger charge is -2.10. The number of hydrogen-bond acceptors (Lipinski definition) is 4. The molecule has 26 heavy (non-hydrogen) atoms. The van der Waals surface area contributed by atoms with Crippen molar-refractivity contribution < 1.29 is 9.53 Å². The first kappa shape index (κ1) is 18.1. The van der Waals surface area contributed by atoms with Gasteiger partial charge in [-0.2, -0.15) is 5.10 Å². The van der Waals surface area contributed by atoms with Crippen LogP contribution in [0.1, 0.15) is 36.7 Å². The van der Waals surface area contributed by atoms with Gasteiger partial charge >= 0.3 is 5.97 Å². The molecule has 0 spiro atoms. The Hall–Kier alpha value is -2.66. The number of aromatic nitrogens is 2. The number of rotatable bonds is 6. The molecule has 0 atom stereocenters. The first-order valence-electron chi connectivity index (χ1n) is 8.57. The average Bonchev–Trinajstić information content (AvgIpc) is 2.65. The molecule has 0 aliphatic rings. The minimum atomic E-state index is -0.604. The third-order valence-corrected chi connectivity index (χ3v) is 4.31. The van der Waals surface area contributed by atoms with Crippen molar-refractivity contribution in [1.29, 1.82) is 0 Å². The van der Waals surface area contributed by atoms with Gasteiger partial charge in [-0.05, 0) is 36.8 Å². The fourth-order valence-corrected chi connectivity index (χ4v) is 2.83. The summed E-state index contributed by atoms with van der Waals surface area (Å²) in [7, 11) is 0. The number of aryl methyl sites for hydroxylation is 1. The number of unbranched alkanes of at least 4 members (excludes halogenated alkanes) is 2. The predicted molar refractivity (Wildman–Crippen MR) is 102 cm³/mol. The summed E-state index contributed by atoms with van der Waals surface area (Å²) in [5.74, 6) is -0.234. The molecule has 0 bridgehead atoms. The molecule has 1 aromatic heterocycles. The average molecular weight is 371 g/mol. The van der Waals surface area contributed by atoms with E-state index >= 15 is 0 Å².